The van der Waals surface area contributed by atoms with E-state index in [0.29, 0.717) is 5.88 Å². The quantitative estimate of drug-likeness (QED) is 0.556. The number of nitrogens with zero attached hydrogens (tertiary/aromatic N) is 1. The highest BCUT2D eigenvalue weighted by molar-refractivity contribution is 6.16. The van der Waals surface area contributed by atoms with Gasteiger partial charge in [-0.15, -0.1) is 11.6 Å². The molecule has 68 valence electrons. The maximum atomic E-state index is 5.63. The maximum absolute atomic E-state index is 5.63. The lowest BCUT2D eigenvalue weighted by atomic mass is 10.2. The largest absolute Gasteiger partial charge is 0.345 e. The molecule has 1 N–H and O–H groups in total. The van der Waals surface area contributed by atoms with Crippen molar-refractivity contribution >= 4 is 11.6 Å². The van der Waals surface area contributed by atoms with Gasteiger partial charge in [0.15, 0.2) is 0 Å². The number of imidazole rings is 1. The Labute approximate surface area is 78.4 Å². The Bertz CT molecular complexity index is 220. The highest BCUT2D eigenvalue weighted by atomic mass is 35.5. The first kappa shape index (κ1) is 9.59. The summed E-state index contributed by atoms with van der Waals surface area (Å²) in [4.78, 5) is 7.40. The van der Waals surface area contributed by atoms with Crippen LogP contribution in [-0.4, -0.2) is 9.97 Å². The lowest BCUT2D eigenvalue weighted by Crippen LogP contribution is -1.88. The zero-order valence-electron chi connectivity index (χ0n) is 7.44. The molecule has 1 aromatic heterocycles. The van der Waals surface area contributed by atoms with E-state index in [2.05, 4.69) is 16.9 Å². The van der Waals surface area contributed by atoms with Crippen molar-refractivity contribution in [3.63, 3.8) is 0 Å². The standard InChI is InChI=1S/C9H15ClN2/c1-2-3-4-5-9-11-7-8(6-10)12-9/h7H,2-6H2,1H3,(H,11,12). The number of alkyl halides is 1. The Morgan fingerprint density at radius 1 is 1.50 bits per heavy atom. The molecule has 0 unspecified atom stereocenters. The first-order chi connectivity index (χ1) is 5.86. The van der Waals surface area contributed by atoms with E-state index < -0.39 is 0 Å². The number of hydrogen-bond donors (Lipinski definition) is 1. The number of H-pyrrole nitrogens is 1. The maximum Gasteiger partial charge on any atom is 0.106 e. The molecule has 0 radical (unpaired) electrons. The predicted octanol–water partition coefficient (Wildman–Crippen LogP) is 2.88. The summed E-state index contributed by atoms with van der Waals surface area (Å²) < 4.78 is 0. The normalized spacial score (nSPS) is 10.5. The summed E-state index contributed by atoms with van der Waals surface area (Å²) in [5, 5.41) is 0. The number of aromatic nitrogens is 2. The van der Waals surface area contributed by atoms with Crippen LogP contribution in [0, 0.1) is 0 Å². The van der Waals surface area contributed by atoms with Crippen molar-refractivity contribution in [2.75, 3.05) is 0 Å². The number of aromatic amines is 1. The molecule has 1 rings (SSSR count). The Kier molecular flexibility index (Phi) is 4.15. The van der Waals surface area contributed by atoms with Crippen molar-refractivity contribution in [1.29, 1.82) is 0 Å². The summed E-state index contributed by atoms with van der Waals surface area (Å²) in [5.74, 6) is 1.60. The van der Waals surface area contributed by atoms with Gasteiger partial charge in [0.25, 0.3) is 0 Å². The summed E-state index contributed by atoms with van der Waals surface area (Å²) in [5.41, 5.74) is 1.02. The zero-order chi connectivity index (χ0) is 8.81. The second kappa shape index (κ2) is 5.20. The highest BCUT2D eigenvalue weighted by Gasteiger charge is 1.98. The van der Waals surface area contributed by atoms with Crippen LogP contribution < -0.4 is 0 Å². The molecule has 2 nitrogen and oxygen atoms in total. The van der Waals surface area contributed by atoms with Gasteiger partial charge in [0.2, 0.25) is 0 Å². The molecule has 0 aliphatic carbocycles. The average Bonchev–Trinajstić information content (AvgIpc) is 2.53. The molecule has 3 heteroatoms. The van der Waals surface area contributed by atoms with E-state index in [1.807, 2.05) is 6.20 Å². The third-order valence-corrected chi connectivity index (χ3v) is 2.13. The molecule has 0 saturated heterocycles. The fourth-order valence-corrected chi connectivity index (χ4v) is 1.28. The molecular weight excluding hydrogens is 172 g/mol. The van der Waals surface area contributed by atoms with Crippen LogP contribution in [0.5, 0.6) is 0 Å². The third kappa shape index (κ3) is 2.86. The lowest BCUT2D eigenvalue weighted by molar-refractivity contribution is 0.698. The molecule has 0 aliphatic rings. The summed E-state index contributed by atoms with van der Waals surface area (Å²) in [7, 11) is 0. The Hall–Kier alpha value is -0.500. The van der Waals surface area contributed by atoms with Crippen molar-refractivity contribution in [2.24, 2.45) is 0 Å². The van der Waals surface area contributed by atoms with Gasteiger partial charge in [0, 0.05) is 18.3 Å². The number of aryl methyl sites for hydroxylation is 1. The summed E-state index contributed by atoms with van der Waals surface area (Å²) in [6, 6.07) is 0. The molecule has 1 aromatic rings. The first-order valence-corrected chi connectivity index (χ1v) is 4.99. The van der Waals surface area contributed by atoms with E-state index in [4.69, 9.17) is 11.6 Å². The van der Waals surface area contributed by atoms with E-state index in [-0.39, 0.29) is 0 Å². The molecule has 0 amide bonds. The number of rotatable bonds is 5. The second-order valence-electron chi connectivity index (χ2n) is 2.95. The van der Waals surface area contributed by atoms with Gasteiger partial charge < -0.3 is 4.98 Å². The minimum absolute atomic E-state index is 0.529. The predicted molar refractivity (Wildman–Crippen MR) is 51.4 cm³/mol. The van der Waals surface area contributed by atoms with E-state index in [1.54, 1.807) is 0 Å². The van der Waals surface area contributed by atoms with Gasteiger partial charge in [0.1, 0.15) is 5.82 Å². The Morgan fingerprint density at radius 3 is 2.92 bits per heavy atom. The molecule has 0 aliphatic heterocycles. The SMILES string of the molecule is CCCCCc1ncc(CCl)[nH]1. The van der Waals surface area contributed by atoms with Gasteiger partial charge in [-0.1, -0.05) is 19.8 Å². The van der Waals surface area contributed by atoms with Crippen LogP contribution in [0.25, 0.3) is 0 Å². The minimum atomic E-state index is 0.529. The van der Waals surface area contributed by atoms with Gasteiger partial charge in [-0.25, -0.2) is 4.98 Å². The molecule has 12 heavy (non-hydrogen) atoms. The van der Waals surface area contributed by atoms with Gasteiger partial charge in [-0.05, 0) is 6.42 Å². The van der Waals surface area contributed by atoms with E-state index in [0.717, 1.165) is 17.9 Å². The van der Waals surface area contributed by atoms with Crippen molar-refractivity contribution in [2.45, 2.75) is 38.5 Å². The van der Waals surface area contributed by atoms with Gasteiger partial charge in [-0.3, -0.25) is 0 Å². The summed E-state index contributed by atoms with van der Waals surface area (Å²) in [6.07, 6.45) is 6.60. The molecule has 0 bridgehead atoms. The molecule has 0 saturated carbocycles. The fourth-order valence-electron chi connectivity index (χ4n) is 1.14. The summed E-state index contributed by atoms with van der Waals surface area (Å²) in [6.45, 7) is 2.20. The Morgan fingerprint density at radius 2 is 2.33 bits per heavy atom. The van der Waals surface area contributed by atoms with Crippen molar-refractivity contribution < 1.29 is 0 Å². The highest BCUT2D eigenvalue weighted by Crippen LogP contribution is 2.05. The average molecular weight is 187 g/mol. The zero-order valence-corrected chi connectivity index (χ0v) is 8.19. The Balaban J connectivity index is 2.31. The number of nitrogens with one attached hydrogen (secondary N) is 1. The molecule has 0 atom stereocenters. The smallest absolute Gasteiger partial charge is 0.106 e. The van der Waals surface area contributed by atoms with E-state index in [1.165, 1.54) is 19.3 Å². The van der Waals surface area contributed by atoms with Crippen LogP contribution in [-0.2, 0) is 12.3 Å². The van der Waals surface area contributed by atoms with Crippen molar-refractivity contribution in [3.05, 3.63) is 17.7 Å². The monoisotopic (exact) mass is 186 g/mol. The number of halogens is 1. The molecule has 0 fully saturated rings. The summed E-state index contributed by atoms with van der Waals surface area (Å²) >= 11 is 5.63. The van der Waals surface area contributed by atoms with Crippen LogP contribution in [0.4, 0.5) is 0 Å². The minimum Gasteiger partial charge on any atom is -0.345 e. The number of hydrogen-bond acceptors (Lipinski definition) is 1. The van der Waals surface area contributed by atoms with Crippen LogP contribution in [0.2, 0.25) is 0 Å². The van der Waals surface area contributed by atoms with Gasteiger partial charge in [0.05, 0.1) is 5.88 Å². The van der Waals surface area contributed by atoms with E-state index >= 15 is 0 Å². The second-order valence-corrected chi connectivity index (χ2v) is 3.21. The molecular formula is C9H15ClN2. The first-order valence-electron chi connectivity index (χ1n) is 4.45. The van der Waals surface area contributed by atoms with Crippen molar-refractivity contribution in [1.82, 2.24) is 9.97 Å². The molecule has 0 spiro atoms. The van der Waals surface area contributed by atoms with Crippen molar-refractivity contribution in [3.8, 4) is 0 Å². The fraction of sp³-hybridized carbons (Fsp3) is 0.667. The van der Waals surface area contributed by atoms with Crippen LogP contribution in [0.15, 0.2) is 6.20 Å². The van der Waals surface area contributed by atoms with E-state index in [9.17, 15) is 0 Å². The molecule has 1 heterocycles. The van der Waals surface area contributed by atoms with Crippen LogP contribution in [0.1, 0.15) is 37.7 Å². The van der Waals surface area contributed by atoms with Gasteiger partial charge in [-0.2, -0.15) is 0 Å². The van der Waals surface area contributed by atoms with Crippen LogP contribution >= 0.6 is 11.6 Å². The third-order valence-electron chi connectivity index (χ3n) is 1.84. The van der Waals surface area contributed by atoms with Crippen LogP contribution in [0.3, 0.4) is 0 Å². The molecule has 0 aromatic carbocycles. The lowest BCUT2D eigenvalue weighted by Gasteiger charge is -1.94. The number of unbranched alkanes of at least 4 members (excludes halogenated alkanes) is 2. The topological polar surface area (TPSA) is 28.7 Å². The van der Waals surface area contributed by atoms with Gasteiger partial charge >= 0.3 is 0 Å².